The van der Waals surface area contributed by atoms with Crippen LogP contribution in [0, 0.1) is 0 Å². The zero-order chi connectivity index (χ0) is 10.6. The van der Waals surface area contributed by atoms with Gasteiger partial charge in [-0.3, -0.25) is 4.79 Å². The molecular formula is C10H10F2O2. The molecule has 1 atom stereocenters. The van der Waals surface area contributed by atoms with Crippen molar-refractivity contribution in [1.29, 1.82) is 0 Å². The average molecular weight is 200 g/mol. The van der Waals surface area contributed by atoms with Crippen molar-refractivity contribution in [3.8, 4) is 0 Å². The Bertz CT molecular complexity index is 298. The third kappa shape index (κ3) is 2.80. The summed E-state index contributed by atoms with van der Waals surface area (Å²) >= 11 is 0. The summed E-state index contributed by atoms with van der Waals surface area (Å²) in [5.41, 5.74) is 0.417. The Morgan fingerprint density at radius 1 is 1.29 bits per heavy atom. The lowest BCUT2D eigenvalue weighted by Gasteiger charge is -2.11. The van der Waals surface area contributed by atoms with E-state index in [-0.39, 0.29) is 0 Å². The van der Waals surface area contributed by atoms with Gasteiger partial charge in [0.15, 0.2) is 0 Å². The van der Waals surface area contributed by atoms with Crippen LogP contribution in [0.2, 0.25) is 0 Å². The van der Waals surface area contributed by atoms with Gasteiger partial charge in [-0.2, -0.15) is 0 Å². The number of aliphatic carboxylic acids is 1. The highest BCUT2D eigenvalue weighted by atomic mass is 19.3. The molecule has 0 aliphatic heterocycles. The SMILES string of the molecule is O=C(O)C(CC(F)F)c1ccccc1. The Balaban J connectivity index is 2.84. The van der Waals surface area contributed by atoms with Gasteiger partial charge in [0.2, 0.25) is 6.43 Å². The topological polar surface area (TPSA) is 37.3 Å². The van der Waals surface area contributed by atoms with Crippen molar-refractivity contribution in [1.82, 2.24) is 0 Å². The fourth-order valence-electron chi connectivity index (χ4n) is 1.24. The van der Waals surface area contributed by atoms with Crippen molar-refractivity contribution < 1.29 is 18.7 Å². The predicted octanol–water partition coefficient (Wildman–Crippen LogP) is 2.51. The summed E-state index contributed by atoms with van der Waals surface area (Å²) in [6.45, 7) is 0. The van der Waals surface area contributed by atoms with Gasteiger partial charge < -0.3 is 5.11 Å². The van der Waals surface area contributed by atoms with E-state index in [0.717, 1.165) is 0 Å². The van der Waals surface area contributed by atoms with Crippen LogP contribution in [0.4, 0.5) is 8.78 Å². The van der Waals surface area contributed by atoms with Gasteiger partial charge in [-0.05, 0) is 5.56 Å². The second-order valence-corrected chi connectivity index (χ2v) is 2.93. The maximum absolute atomic E-state index is 12.1. The van der Waals surface area contributed by atoms with E-state index >= 15 is 0 Å². The summed E-state index contributed by atoms with van der Waals surface area (Å²) in [7, 11) is 0. The fourth-order valence-corrected chi connectivity index (χ4v) is 1.24. The Morgan fingerprint density at radius 3 is 2.29 bits per heavy atom. The number of carboxylic acids is 1. The molecule has 1 unspecified atom stereocenters. The first-order valence-electron chi connectivity index (χ1n) is 4.17. The van der Waals surface area contributed by atoms with Gasteiger partial charge in [-0.15, -0.1) is 0 Å². The lowest BCUT2D eigenvalue weighted by atomic mass is 9.96. The summed E-state index contributed by atoms with van der Waals surface area (Å²) < 4.78 is 24.1. The minimum Gasteiger partial charge on any atom is -0.481 e. The van der Waals surface area contributed by atoms with E-state index in [9.17, 15) is 13.6 Å². The zero-order valence-electron chi connectivity index (χ0n) is 7.36. The lowest BCUT2D eigenvalue weighted by Crippen LogP contribution is -2.14. The Morgan fingerprint density at radius 2 is 1.86 bits per heavy atom. The highest BCUT2D eigenvalue weighted by Crippen LogP contribution is 2.23. The molecule has 4 heteroatoms. The third-order valence-electron chi connectivity index (χ3n) is 1.91. The molecule has 0 spiro atoms. The second kappa shape index (κ2) is 4.69. The molecule has 0 saturated carbocycles. The molecule has 0 saturated heterocycles. The molecule has 0 heterocycles. The van der Waals surface area contributed by atoms with Gasteiger partial charge in [0.1, 0.15) is 0 Å². The molecule has 0 aliphatic rings. The number of rotatable bonds is 4. The monoisotopic (exact) mass is 200 g/mol. The summed E-state index contributed by atoms with van der Waals surface area (Å²) in [6.07, 6.45) is -3.24. The highest BCUT2D eigenvalue weighted by molar-refractivity contribution is 5.76. The summed E-state index contributed by atoms with van der Waals surface area (Å²) in [5.74, 6) is -2.33. The molecule has 76 valence electrons. The number of carbonyl (C=O) groups is 1. The van der Waals surface area contributed by atoms with E-state index in [4.69, 9.17) is 5.11 Å². The molecule has 0 fully saturated rings. The Kier molecular flexibility index (Phi) is 3.56. The molecule has 0 bridgehead atoms. The number of alkyl halides is 2. The molecule has 2 nitrogen and oxygen atoms in total. The van der Waals surface area contributed by atoms with Crippen molar-refractivity contribution in [3.05, 3.63) is 35.9 Å². The van der Waals surface area contributed by atoms with E-state index in [1.807, 2.05) is 0 Å². The van der Waals surface area contributed by atoms with Gasteiger partial charge in [-0.25, -0.2) is 8.78 Å². The van der Waals surface area contributed by atoms with E-state index < -0.39 is 24.7 Å². The molecule has 0 aromatic heterocycles. The van der Waals surface area contributed by atoms with E-state index in [1.165, 1.54) is 0 Å². The molecule has 0 radical (unpaired) electrons. The Hall–Kier alpha value is -1.45. The summed E-state index contributed by atoms with van der Waals surface area (Å²) in [6, 6.07) is 8.07. The largest absolute Gasteiger partial charge is 0.481 e. The van der Waals surface area contributed by atoms with Crippen molar-refractivity contribution in [3.63, 3.8) is 0 Å². The standard InChI is InChI=1S/C10H10F2O2/c11-9(12)6-8(10(13)14)7-4-2-1-3-5-7/h1-5,8-9H,6H2,(H,13,14). The van der Waals surface area contributed by atoms with Gasteiger partial charge in [-0.1, -0.05) is 30.3 Å². The van der Waals surface area contributed by atoms with E-state index in [0.29, 0.717) is 5.56 Å². The number of benzene rings is 1. The van der Waals surface area contributed by atoms with Crippen molar-refractivity contribution in [2.75, 3.05) is 0 Å². The van der Waals surface area contributed by atoms with Crippen LogP contribution in [-0.2, 0) is 4.79 Å². The van der Waals surface area contributed by atoms with Crippen LogP contribution in [0.1, 0.15) is 17.9 Å². The molecule has 14 heavy (non-hydrogen) atoms. The number of hydrogen-bond donors (Lipinski definition) is 1. The van der Waals surface area contributed by atoms with Crippen LogP contribution in [-0.4, -0.2) is 17.5 Å². The summed E-state index contributed by atoms with van der Waals surface area (Å²) in [5, 5.41) is 8.74. The lowest BCUT2D eigenvalue weighted by molar-refractivity contribution is -0.139. The van der Waals surface area contributed by atoms with Gasteiger partial charge in [0, 0.05) is 6.42 Å². The third-order valence-corrected chi connectivity index (χ3v) is 1.91. The average Bonchev–Trinajstić information content (AvgIpc) is 2.15. The number of hydrogen-bond acceptors (Lipinski definition) is 1. The molecule has 1 aromatic rings. The zero-order valence-corrected chi connectivity index (χ0v) is 7.36. The highest BCUT2D eigenvalue weighted by Gasteiger charge is 2.23. The molecule has 1 rings (SSSR count). The first-order chi connectivity index (χ1) is 6.61. The molecule has 0 amide bonds. The Labute approximate surface area is 80.2 Å². The van der Waals surface area contributed by atoms with Crippen molar-refractivity contribution in [2.45, 2.75) is 18.8 Å². The summed E-state index contributed by atoms with van der Waals surface area (Å²) in [4.78, 5) is 10.7. The molecule has 1 aromatic carbocycles. The minimum atomic E-state index is -2.60. The molecule has 1 N–H and O–H groups in total. The molecular weight excluding hydrogens is 190 g/mol. The van der Waals surface area contributed by atoms with Crippen LogP contribution in [0.3, 0.4) is 0 Å². The first-order valence-corrected chi connectivity index (χ1v) is 4.17. The van der Waals surface area contributed by atoms with Crippen LogP contribution >= 0.6 is 0 Å². The smallest absolute Gasteiger partial charge is 0.311 e. The van der Waals surface area contributed by atoms with Gasteiger partial charge >= 0.3 is 5.97 Å². The van der Waals surface area contributed by atoms with Crippen LogP contribution in [0.25, 0.3) is 0 Å². The second-order valence-electron chi connectivity index (χ2n) is 2.93. The number of halogens is 2. The van der Waals surface area contributed by atoms with Gasteiger partial charge in [0.25, 0.3) is 0 Å². The van der Waals surface area contributed by atoms with E-state index in [1.54, 1.807) is 30.3 Å². The van der Waals surface area contributed by atoms with Crippen LogP contribution < -0.4 is 0 Å². The van der Waals surface area contributed by atoms with Crippen LogP contribution in [0.5, 0.6) is 0 Å². The first kappa shape index (κ1) is 10.6. The van der Waals surface area contributed by atoms with Crippen LogP contribution in [0.15, 0.2) is 30.3 Å². The fraction of sp³-hybridized carbons (Fsp3) is 0.300. The van der Waals surface area contributed by atoms with E-state index in [2.05, 4.69) is 0 Å². The predicted molar refractivity (Wildman–Crippen MR) is 47.4 cm³/mol. The molecule has 0 aliphatic carbocycles. The van der Waals surface area contributed by atoms with Crippen molar-refractivity contribution in [2.24, 2.45) is 0 Å². The van der Waals surface area contributed by atoms with Crippen molar-refractivity contribution >= 4 is 5.97 Å². The number of carboxylic acid groups (broad SMARTS) is 1. The normalized spacial score (nSPS) is 12.8. The van der Waals surface area contributed by atoms with Gasteiger partial charge in [0.05, 0.1) is 5.92 Å². The maximum atomic E-state index is 12.1. The maximum Gasteiger partial charge on any atom is 0.311 e. The minimum absolute atomic E-state index is 0.417. The quantitative estimate of drug-likeness (QED) is 0.810.